The normalized spacial score (nSPS) is 38.7. The molecule has 3 aliphatic carbocycles. The van der Waals surface area contributed by atoms with Crippen LogP contribution in [0, 0.1) is 29.1 Å². The molecule has 6 heteroatoms. The Morgan fingerprint density at radius 3 is 2.41 bits per heavy atom. The minimum absolute atomic E-state index is 0.0138. The van der Waals surface area contributed by atoms with Gasteiger partial charge in [0.15, 0.2) is 0 Å². The van der Waals surface area contributed by atoms with Gasteiger partial charge >= 0.3 is 6.03 Å². The van der Waals surface area contributed by atoms with Gasteiger partial charge in [-0.1, -0.05) is 33.6 Å². The number of nitrogens with one attached hydrogen (secondary N) is 3. The molecule has 0 aliphatic heterocycles. The first-order valence-corrected chi connectivity index (χ1v) is 11.8. The van der Waals surface area contributed by atoms with Gasteiger partial charge in [-0.15, -0.1) is 0 Å². The van der Waals surface area contributed by atoms with Crippen LogP contribution in [0.25, 0.3) is 0 Å². The highest BCUT2D eigenvalue weighted by Gasteiger charge is 2.53. The minimum atomic E-state index is -0.507. The molecule has 0 aromatic rings. The molecular weight excluding hydrogens is 366 g/mol. The molecule has 0 saturated heterocycles. The number of urea groups is 1. The number of carbonyl (C=O) groups excluding carboxylic acids is 2. The third-order valence-electron chi connectivity index (χ3n) is 8.30. The average Bonchev–Trinajstić information content (AvgIpc) is 3.17. The van der Waals surface area contributed by atoms with Crippen LogP contribution < -0.4 is 16.0 Å². The number of rotatable bonds is 5. The van der Waals surface area contributed by atoms with E-state index in [4.69, 9.17) is 0 Å². The lowest BCUT2D eigenvalue weighted by Gasteiger charge is -2.56. The minimum Gasteiger partial charge on any atom is -0.392 e. The second-order valence-corrected chi connectivity index (χ2v) is 10.2. The van der Waals surface area contributed by atoms with Crippen LogP contribution in [0.5, 0.6) is 0 Å². The van der Waals surface area contributed by atoms with Crippen molar-refractivity contribution in [2.45, 2.75) is 97.2 Å². The Morgan fingerprint density at radius 2 is 1.76 bits per heavy atom. The molecule has 0 radical (unpaired) electrons. The van der Waals surface area contributed by atoms with E-state index in [9.17, 15) is 14.7 Å². The van der Waals surface area contributed by atoms with E-state index in [2.05, 4.69) is 29.8 Å². The lowest BCUT2D eigenvalue weighted by atomic mass is 9.51. The van der Waals surface area contributed by atoms with Crippen LogP contribution in [-0.2, 0) is 4.79 Å². The van der Waals surface area contributed by atoms with Crippen molar-refractivity contribution < 1.29 is 14.7 Å². The van der Waals surface area contributed by atoms with Crippen molar-refractivity contribution in [2.75, 3.05) is 6.54 Å². The SMILES string of the molecule is CCNC(=O)NC1CCC2(C)CCC(C(C)C(=O)NC3CCCC3)C(O)C2C1C. The second-order valence-electron chi connectivity index (χ2n) is 10.2. The van der Waals surface area contributed by atoms with Crippen molar-refractivity contribution in [3.63, 3.8) is 0 Å². The maximum atomic E-state index is 12.9. The van der Waals surface area contributed by atoms with E-state index >= 15 is 0 Å². The number of amides is 3. The molecule has 0 heterocycles. The van der Waals surface area contributed by atoms with Crippen LogP contribution in [0.15, 0.2) is 0 Å². The first kappa shape index (κ1) is 22.4. The fourth-order valence-electron chi connectivity index (χ4n) is 6.47. The summed E-state index contributed by atoms with van der Waals surface area (Å²) in [6.07, 6.45) is 7.94. The summed E-state index contributed by atoms with van der Waals surface area (Å²) in [7, 11) is 0. The van der Waals surface area contributed by atoms with Crippen LogP contribution in [0.4, 0.5) is 4.79 Å². The van der Waals surface area contributed by atoms with Gasteiger partial charge < -0.3 is 21.1 Å². The first-order chi connectivity index (χ1) is 13.8. The molecule has 3 amide bonds. The quantitative estimate of drug-likeness (QED) is 0.564. The van der Waals surface area contributed by atoms with Gasteiger partial charge in [-0.25, -0.2) is 4.79 Å². The highest BCUT2D eigenvalue weighted by atomic mass is 16.3. The number of aliphatic hydroxyl groups excluding tert-OH is 1. The summed E-state index contributed by atoms with van der Waals surface area (Å²) >= 11 is 0. The number of fused-ring (bicyclic) bond motifs is 1. The number of carbonyl (C=O) groups is 2. The van der Waals surface area contributed by atoms with E-state index in [1.165, 1.54) is 12.8 Å². The zero-order valence-corrected chi connectivity index (χ0v) is 18.7. The summed E-state index contributed by atoms with van der Waals surface area (Å²) in [6, 6.07) is 0.255. The summed E-state index contributed by atoms with van der Waals surface area (Å²) in [5.74, 6) is 0.187. The Morgan fingerprint density at radius 1 is 1.10 bits per heavy atom. The summed E-state index contributed by atoms with van der Waals surface area (Å²) in [4.78, 5) is 24.9. The van der Waals surface area contributed by atoms with Crippen molar-refractivity contribution in [3.05, 3.63) is 0 Å². The maximum absolute atomic E-state index is 12.9. The van der Waals surface area contributed by atoms with E-state index in [-0.39, 0.29) is 47.1 Å². The Hall–Kier alpha value is -1.30. The largest absolute Gasteiger partial charge is 0.392 e. The van der Waals surface area contributed by atoms with E-state index < -0.39 is 6.10 Å². The predicted molar refractivity (Wildman–Crippen MR) is 114 cm³/mol. The molecule has 3 rings (SSSR count). The maximum Gasteiger partial charge on any atom is 0.315 e. The zero-order chi connectivity index (χ0) is 21.2. The van der Waals surface area contributed by atoms with E-state index in [0.717, 1.165) is 38.5 Å². The van der Waals surface area contributed by atoms with Gasteiger partial charge in [0.05, 0.1) is 6.10 Å². The highest BCUT2D eigenvalue weighted by molar-refractivity contribution is 5.79. The molecule has 6 nitrogen and oxygen atoms in total. The summed E-state index contributed by atoms with van der Waals surface area (Å²) in [6.45, 7) is 8.95. The molecule has 3 fully saturated rings. The van der Waals surface area contributed by atoms with Crippen LogP contribution in [0.3, 0.4) is 0 Å². The first-order valence-electron chi connectivity index (χ1n) is 11.8. The van der Waals surface area contributed by atoms with Crippen LogP contribution in [0.1, 0.15) is 79.1 Å². The van der Waals surface area contributed by atoms with Gasteiger partial charge in [0, 0.05) is 24.5 Å². The van der Waals surface area contributed by atoms with Gasteiger partial charge in [-0.2, -0.15) is 0 Å². The van der Waals surface area contributed by atoms with Crippen molar-refractivity contribution in [3.8, 4) is 0 Å². The molecule has 3 saturated carbocycles. The summed E-state index contributed by atoms with van der Waals surface area (Å²) < 4.78 is 0. The molecule has 3 aliphatic rings. The Kier molecular flexibility index (Phi) is 7.13. The van der Waals surface area contributed by atoms with Crippen molar-refractivity contribution >= 4 is 11.9 Å². The van der Waals surface area contributed by atoms with Crippen molar-refractivity contribution in [1.29, 1.82) is 0 Å². The monoisotopic (exact) mass is 407 g/mol. The van der Waals surface area contributed by atoms with Gasteiger partial charge in [0.2, 0.25) is 5.91 Å². The number of aliphatic hydroxyl groups is 1. The topological polar surface area (TPSA) is 90.5 Å². The number of hydrogen-bond acceptors (Lipinski definition) is 3. The lowest BCUT2D eigenvalue weighted by Crippen LogP contribution is -2.59. The fourth-order valence-corrected chi connectivity index (χ4v) is 6.47. The van der Waals surface area contributed by atoms with E-state index in [1.807, 2.05) is 13.8 Å². The molecule has 7 atom stereocenters. The Bertz CT molecular complexity index is 592. The molecule has 0 spiro atoms. The van der Waals surface area contributed by atoms with E-state index in [1.54, 1.807) is 0 Å². The van der Waals surface area contributed by atoms with Crippen molar-refractivity contribution in [2.24, 2.45) is 29.1 Å². The third kappa shape index (κ3) is 4.73. The van der Waals surface area contributed by atoms with Gasteiger partial charge in [-0.05, 0) is 68.6 Å². The zero-order valence-electron chi connectivity index (χ0n) is 18.7. The highest BCUT2D eigenvalue weighted by Crippen LogP contribution is 2.55. The van der Waals surface area contributed by atoms with Gasteiger partial charge in [-0.3, -0.25) is 4.79 Å². The second kappa shape index (κ2) is 9.23. The van der Waals surface area contributed by atoms with Crippen molar-refractivity contribution in [1.82, 2.24) is 16.0 Å². The Balaban J connectivity index is 1.68. The lowest BCUT2D eigenvalue weighted by molar-refractivity contribution is -0.142. The standard InChI is InChI=1S/C23H41N3O3/c1-5-24-22(29)26-18-11-13-23(4)12-10-17(20(27)19(23)15(18)3)14(2)21(28)25-16-8-6-7-9-16/h14-20,27H,5-13H2,1-4H3,(H,25,28)(H2,24,26,29). The molecular formula is C23H41N3O3. The van der Waals surface area contributed by atoms with Crippen LogP contribution in [0.2, 0.25) is 0 Å². The summed E-state index contributed by atoms with van der Waals surface area (Å²) in [5, 5.41) is 20.6. The number of hydrogen-bond donors (Lipinski definition) is 4. The molecule has 0 aromatic heterocycles. The van der Waals surface area contributed by atoms with Gasteiger partial charge in [0.25, 0.3) is 0 Å². The van der Waals surface area contributed by atoms with E-state index in [0.29, 0.717) is 12.6 Å². The molecule has 4 N–H and O–H groups in total. The Labute approximate surface area is 176 Å². The molecule has 7 unspecified atom stereocenters. The molecule has 0 bridgehead atoms. The molecule has 0 aromatic carbocycles. The predicted octanol–water partition coefficient (Wildman–Crippen LogP) is 3.19. The van der Waals surface area contributed by atoms with Crippen LogP contribution in [-0.4, -0.2) is 41.8 Å². The molecule has 166 valence electrons. The third-order valence-corrected chi connectivity index (χ3v) is 8.30. The molecule has 29 heavy (non-hydrogen) atoms. The smallest absolute Gasteiger partial charge is 0.315 e. The average molecular weight is 408 g/mol. The fraction of sp³-hybridized carbons (Fsp3) is 0.913. The van der Waals surface area contributed by atoms with Crippen LogP contribution >= 0.6 is 0 Å². The summed E-state index contributed by atoms with van der Waals surface area (Å²) in [5.41, 5.74) is 0.0798. The van der Waals surface area contributed by atoms with Gasteiger partial charge in [0.1, 0.15) is 0 Å².